The van der Waals surface area contributed by atoms with E-state index in [1.54, 1.807) is 0 Å². The summed E-state index contributed by atoms with van der Waals surface area (Å²) in [7, 11) is 0. The summed E-state index contributed by atoms with van der Waals surface area (Å²) in [6, 6.07) is 3.88. The minimum Gasteiger partial charge on any atom is -0.490 e. The van der Waals surface area contributed by atoms with Gasteiger partial charge < -0.3 is 15.6 Å². The van der Waals surface area contributed by atoms with Crippen molar-refractivity contribution in [3.05, 3.63) is 29.3 Å². The van der Waals surface area contributed by atoms with Crippen molar-refractivity contribution in [2.45, 2.75) is 57.5 Å². The third-order valence-corrected chi connectivity index (χ3v) is 5.00. The molecular weight excluding hydrogens is 262 g/mol. The average Bonchev–Trinajstić information content (AvgIpc) is 2.43. The number of benzene rings is 1. The SMILES string of the molecule is CCCCC1(C)CC=C2c3c(ccc(N)c31)OCC2(C)O. The van der Waals surface area contributed by atoms with E-state index in [0.717, 1.165) is 35.4 Å². The van der Waals surface area contributed by atoms with Crippen LogP contribution in [-0.2, 0) is 5.41 Å². The van der Waals surface area contributed by atoms with Crippen LogP contribution in [0.4, 0.5) is 5.69 Å². The number of hydrogen-bond donors (Lipinski definition) is 2. The number of allylic oxidation sites excluding steroid dienone is 1. The normalized spacial score (nSPS) is 30.4. The molecule has 0 amide bonds. The Bertz CT molecular complexity index is 603. The Hall–Kier alpha value is -1.48. The lowest BCUT2D eigenvalue weighted by Gasteiger charge is -2.43. The number of nitrogens with two attached hydrogens (primary N) is 1. The fourth-order valence-electron chi connectivity index (χ4n) is 3.75. The smallest absolute Gasteiger partial charge is 0.127 e. The zero-order valence-corrected chi connectivity index (χ0v) is 13.2. The third kappa shape index (κ3) is 2.15. The van der Waals surface area contributed by atoms with E-state index in [0.29, 0.717) is 6.61 Å². The summed E-state index contributed by atoms with van der Waals surface area (Å²) in [6.45, 7) is 6.63. The van der Waals surface area contributed by atoms with Gasteiger partial charge in [0, 0.05) is 11.3 Å². The first-order chi connectivity index (χ1) is 9.89. The zero-order valence-electron chi connectivity index (χ0n) is 13.2. The molecule has 3 heteroatoms. The number of rotatable bonds is 3. The van der Waals surface area contributed by atoms with Crippen LogP contribution in [-0.4, -0.2) is 17.3 Å². The first kappa shape index (κ1) is 14.5. The minimum atomic E-state index is -0.929. The second-order valence-electron chi connectivity index (χ2n) is 6.95. The number of hydrogen-bond acceptors (Lipinski definition) is 3. The molecule has 2 aliphatic rings. The maximum absolute atomic E-state index is 10.6. The number of aliphatic hydroxyl groups is 1. The monoisotopic (exact) mass is 287 g/mol. The highest BCUT2D eigenvalue weighted by molar-refractivity contribution is 5.85. The van der Waals surface area contributed by atoms with Gasteiger partial charge in [-0.05, 0) is 48.4 Å². The second-order valence-corrected chi connectivity index (χ2v) is 6.95. The van der Waals surface area contributed by atoms with Crippen LogP contribution in [0.25, 0.3) is 5.57 Å². The van der Waals surface area contributed by atoms with Crippen molar-refractivity contribution < 1.29 is 9.84 Å². The van der Waals surface area contributed by atoms with Gasteiger partial charge in [-0.25, -0.2) is 0 Å². The number of unbranched alkanes of at least 4 members (excludes halogenated alkanes) is 1. The topological polar surface area (TPSA) is 55.5 Å². The summed E-state index contributed by atoms with van der Waals surface area (Å²) >= 11 is 0. The standard InChI is InChI=1S/C18H25NO2/c1-4-5-9-17(2)10-8-12-15-14(21-11-18(12,3)20)7-6-13(19)16(15)17/h6-8,20H,4-5,9-11,19H2,1-3H3. The van der Waals surface area contributed by atoms with E-state index in [9.17, 15) is 5.11 Å². The van der Waals surface area contributed by atoms with Gasteiger partial charge in [0.05, 0.1) is 0 Å². The van der Waals surface area contributed by atoms with E-state index in [2.05, 4.69) is 19.9 Å². The van der Waals surface area contributed by atoms with Crippen LogP contribution in [0.2, 0.25) is 0 Å². The second kappa shape index (κ2) is 4.77. The molecule has 1 aromatic carbocycles. The fraction of sp³-hybridized carbons (Fsp3) is 0.556. The van der Waals surface area contributed by atoms with Gasteiger partial charge in [0.2, 0.25) is 0 Å². The van der Waals surface area contributed by atoms with E-state index >= 15 is 0 Å². The van der Waals surface area contributed by atoms with Crippen LogP contribution in [0.5, 0.6) is 5.75 Å². The van der Waals surface area contributed by atoms with Crippen molar-refractivity contribution in [1.82, 2.24) is 0 Å². The molecule has 3 rings (SSSR count). The predicted molar refractivity (Wildman–Crippen MR) is 86.4 cm³/mol. The quantitative estimate of drug-likeness (QED) is 0.834. The Morgan fingerprint density at radius 1 is 1.33 bits per heavy atom. The molecule has 0 saturated heterocycles. The molecule has 2 atom stereocenters. The zero-order chi connectivity index (χ0) is 15.3. The lowest BCUT2D eigenvalue weighted by Crippen LogP contribution is -2.41. The average molecular weight is 287 g/mol. The number of nitrogen functional groups attached to an aromatic ring is 1. The largest absolute Gasteiger partial charge is 0.490 e. The highest BCUT2D eigenvalue weighted by Crippen LogP contribution is 2.52. The van der Waals surface area contributed by atoms with Gasteiger partial charge in [0.15, 0.2) is 0 Å². The molecule has 1 aliphatic heterocycles. The van der Waals surface area contributed by atoms with Crippen LogP contribution < -0.4 is 10.5 Å². The molecule has 114 valence electrons. The van der Waals surface area contributed by atoms with Gasteiger partial charge in [-0.2, -0.15) is 0 Å². The molecule has 0 radical (unpaired) electrons. The predicted octanol–water partition coefficient (Wildman–Crippen LogP) is 3.65. The summed E-state index contributed by atoms with van der Waals surface area (Å²) < 4.78 is 5.79. The summed E-state index contributed by atoms with van der Waals surface area (Å²) in [6.07, 6.45) is 6.59. The van der Waals surface area contributed by atoms with E-state index in [1.807, 2.05) is 19.1 Å². The van der Waals surface area contributed by atoms with E-state index < -0.39 is 5.60 Å². The Balaban J connectivity index is 2.19. The molecule has 0 fully saturated rings. The van der Waals surface area contributed by atoms with Gasteiger partial charge in [0.25, 0.3) is 0 Å². The van der Waals surface area contributed by atoms with Gasteiger partial charge >= 0.3 is 0 Å². The Labute approximate surface area is 126 Å². The van der Waals surface area contributed by atoms with Crippen LogP contribution >= 0.6 is 0 Å². The van der Waals surface area contributed by atoms with Crippen LogP contribution in [0.1, 0.15) is 57.6 Å². The van der Waals surface area contributed by atoms with Crippen LogP contribution in [0.15, 0.2) is 18.2 Å². The molecule has 0 spiro atoms. The maximum Gasteiger partial charge on any atom is 0.127 e. The number of ether oxygens (including phenoxy) is 1. The molecule has 0 aromatic heterocycles. The summed E-state index contributed by atoms with van der Waals surface area (Å²) in [5.41, 5.74) is 9.44. The molecule has 0 bridgehead atoms. The van der Waals surface area contributed by atoms with Crippen molar-refractivity contribution in [2.75, 3.05) is 12.3 Å². The molecular formula is C18H25NO2. The Kier molecular flexibility index (Phi) is 3.28. The molecule has 1 heterocycles. The van der Waals surface area contributed by atoms with E-state index in [4.69, 9.17) is 10.5 Å². The Morgan fingerprint density at radius 3 is 2.81 bits per heavy atom. The first-order valence-corrected chi connectivity index (χ1v) is 7.88. The lowest BCUT2D eigenvalue weighted by molar-refractivity contribution is 0.0540. The lowest BCUT2D eigenvalue weighted by atomic mass is 9.66. The fourth-order valence-corrected chi connectivity index (χ4v) is 3.75. The van der Waals surface area contributed by atoms with E-state index in [-0.39, 0.29) is 5.41 Å². The summed E-state index contributed by atoms with van der Waals surface area (Å²) in [5.74, 6) is 0.861. The number of anilines is 1. The summed E-state index contributed by atoms with van der Waals surface area (Å²) in [4.78, 5) is 0. The molecule has 1 aromatic rings. The van der Waals surface area contributed by atoms with Crippen molar-refractivity contribution in [2.24, 2.45) is 0 Å². The summed E-state index contributed by atoms with van der Waals surface area (Å²) in [5, 5.41) is 10.6. The van der Waals surface area contributed by atoms with Crippen LogP contribution in [0.3, 0.4) is 0 Å². The van der Waals surface area contributed by atoms with Gasteiger partial charge in [-0.3, -0.25) is 0 Å². The highest BCUT2D eigenvalue weighted by atomic mass is 16.5. The molecule has 0 saturated carbocycles. The van der Waals surface area contributed by atoms with Crippen molar-refractivity contribution in [3.8, 4) is 5.75 Å². The van der Waals surface area contributed by atoms with Gasteiger partial charge in [0.1, 0.15) is 18.0 Å². The first-order valence-electron chi connectivity index (χ1n) is 7.88. The van der Waals surface area contributed by atoms with Gasteiger partial charge in [-0.15, -0.1) is 0 Å². The van der Waals surface area contributed by atoms with Crippen molar-refractivity contribution >= 4 is 11.3 Å². The molecule has 3 nitrogen and oxygen atoms in total. The Morgan fingerprint density at radius 2 is 2.10 bits per heavy atom. The molecule has 1 aliphatic carbocycles. The van der Waals surface area contributed by atoms with Gasteiger partial charge in [-0.1, -0.05) is 32.8 Å². The van der Waals surface area contributed by atoms with Crippen molar-refractivity contribution in [1.29, 1.82) is 0 Å². The molecule has 3 N–H and O–H groups in total. The molecule has 2 unspecified atom stereocenters. The van der Waals surface area contributed by atoms with E-state index in [1.165, 1.54) is 18.4 Å². The maximum atomic E-state index is 10.6. The minimum absolute atomic E-state index is 0.0334. The van der Waals surface area contributed by atoms with Crippen molar-refractivity contribution in [3.63, 3.8) is 0 Å². The third-order valence-electron chi connectivity index (χ3n) is 5.00. The highest BCUT2D eigenvalue weighted by Gasteiger charge is 2.43. The van der Waals surface area contributed by atoms with Crippen LogP contribution in [0, 0.1) is 0 Å². The molecule has 21 heavy (non-hydrogen) atoms.